The van der Waals surface area contributed by atoms with Gasteiger partial charge in [-0.05, 0) is 38.5 Å². The maximum atomic E-state index is 11.0. The van der Waals surface area contributed by atoms with Crippen molar-refractivity contribution in [2.45, 2.75) is 26.2 Å². The Balaban J connectivity index is 2.38. The SMILES string of the molecule is CC(C)(C)c1ccc(-c2cc(Br)c(C(=O)O)s2)cc1. The van der Waals surface area contributed by atoms with E-state index in [1.807, 2.05) is 18.2 Å². The highest BCUT2D eigenvalue weighted by atomic mass is 79.9. The Morgan fingerprint density at radius 1 is 1.21 bits per heavy atom. The second kappa shape index (κ2) is 5.10. The van der Waals surface area contributed by atoms with Crippen molar-refractivity contribution >= 4 is 33.2 Å². The third-order valence-electron chi connectivity index (χ3n) is 2.92. The zero-order chi connectivity index (χ0) is 14.2. The predicted octanol–water partition coefficient (Wildman–Crippen LogP) is 5.17. The summed E-state index contributed by atoms with van der Waals surface area (Å²) in [6.07, 6.45) is 0. The van der Waals surface area contributed by atoms with Crippen LogP contribution in [0.15, 0.2) is 34.8 Å². The summed E-state index contributed by atoms with van der Waals surface area (Å²) < 4.78 is 0.639. The van der Waals surface area contributed by atoms with Crippen LogP contribution in [0.4, 0.5) is 0 Å². The quantitative estimate of drug-likeness (QED) is 0.819. The fraction of sp³-hybridized carbons (Fsp3) is 0.267. The fourth-order valence-corrected chi connectivity index (χ4v) is 3.48. The van der Waals surface area contributed by atoms with Crippen LogP contribution in [0.1, 0.15) is 36.0 Å². The molecule has 0 aliphatic rings. The van der Waals surface area contributed by atoms with Crippen LogP contribution in [0.5, 0.6) is 0 Å². The summed E-state index contributed by atoms with van der Waals surface area (Å²) in [4.78, 5) is 12.3. The van der Waals surface area contributed by atoms with Gasteiger partial charge in [0.05, 0.1) is 0 Å². The van der Waals surface area contributed by atoms with E-state index in [4.69, 9.17) is 5.11 Å². The summed E-state index contributed by atoms with van der Waals surface area (Å²) >= 11 is 4.58. The maximum absolute atomic E-state index is 11.0. The second-order valence-corrected chi connectivity index (χ2v) is 7.33. The van der Waals surface area contributed by atoms with Crippen molar-refractivity contribution in [1.82, 2.24) is 0 Å². The first-order valence-corrected chi connectivity index (χ1v) is 7.53. The first-order chi connectivity index (χ1) is 8.79. The number of thiophene rings is 1. The van der Waals surface area contributed by atoms with Crippen molar-refractivity contribution in [3.8, 4) is 10.4 Å². The summed E-state index contributed by atoms with van der Waals surface area (Å²) in [6.45, 7) is 6.52. The predicted molar refractivity (Wildman–Crippen MR) is 83.1 cm³/mol. The number of rotatable bonds is 2. The highest BCUT2D eigenvalue weighted by Gasteiger charge is 2.16. The van der Waals surface area contributed by atoms with Gasteiger partial charge in [0.1, 0.15) is 4.88 Å². The standard InChI is InChI=1S/C15H15BrO2S/c1-15(2,3)10-6-4-9(5-7-10)12-8-11(16)13(19-12)14(17)18/h4-8H,1-3H3,(H,17,18). The molecule has 100 valence electrons. The topological polar surface area (TPSA) is 37.3 Å². The van der Waals surface area contributed by atoms with Gasteiger partial charge < -0.3 is 5.11 Å². The molecule has 0 saturated heterocycles. The van der Waals surface area contributed by atoms with Gasteiger partial charge in [-0.1, -0.05) is 45.0 Å². The Kier molecular flexibility index (Phi) is 3.83. The Labute approximate surface area is 125 Å². The third kappa shape index (κ3) is 3.07. The molecule has 2 aromatic rings. The van der Waals surface area contributed by atoms with Crippen molar-refractivity contribution in [1.29, 1.82) is 0 Å². The summed E-state index contributed by atoms with van der Waals surface area (Å²) in [5.74, 6) is -0.894. The first-order valence-electron chi connectivity index (χ1n) is 5.92. The average Bonchev–Trinajstić information content (AvgIpc) is 2.70. The molecule has 2 rings (SSSR count). The minimum atomic E-state index is -0.894. The molecule has 2 nitrogen and oxygen atoms in total. The summed E-state index contributed by atoms with van der Waals surface area (Å²) in [7, 11) is 0. The summed E-state index contributed by atoms with van der Waals surface area (Å²) in [5, 5.41) is 9.06. The Morgan fingerprint density at radius 2 is 1.79 bits per heavy atom. The molecule has 0 spiro atoms. The van der Waals surface area contributed by atoms with E-state index >= 15 is 0 Å². The Hall–Kier alpha value is -1.13. The van der Waals surface area contributed by atoms with E-state index in [1.54, 1.807) is 0 Å². The number of hydrogen-bond donors (Lipinski definition) is 1. The molecular formula is C15H15BrO2S. The molecule has 0 bridgehead atoms. The average molecular weight is 339 g/mol. The number of carboxylic acids is 1. The van der Waals surface area contributed by atoms with E-state index in [1.165, 1.54) is 16.9 Å². The molecule has 1 heterocycles. The fourth-order valence-electron chi connectivity index (χ4n) is 1.79. The van der Waals surface area contributed by atoms with Crippen molar-refractivity contribution in [2.24, 2.45) is 0 Å². The van der Waals surface area contributed by atoms with E-state index in [0.29, 0.717) is 9.35 Å². The summed E-state index contributed by atoms with van der Waals surface area (Å²) in [6, 6.07) is 10.2. The van der Waals surface area contributed by atoms with Gasteiger partial charge in [0.15, 0.2) is 0 Å². The zero-order valence-corrected chi connectivity index (χ0v) is 13.4. The van der Waals surface area contributed by atoms with Gasteiger partial charge in [0, 0.05) is 9.35 Å². The maximum Gasteiger partial charge on any atom is 0.347 e. The van der Waals surface area contributed by atoms with Gasteiger partial charge in [-0.3, -0.25) is 0 Å². The van der Waals surface area contributed by atoms with Crippen LogP contribution in [0, 0.1) is 0 Å². The minimum Gasteiger partial charge on any atom is -0.477 e. The lowest BCUT2D eigenvalue weighted by Crippen LogP contribution is -2.10. The van der Waals surface area contributed by atoms with Gasteiger partial charge in [0.2, 0.25) is 0 Å². The van der Waals surface area contributed by atoms with Crippen LogP contribution >= 0.6 is 27.3 Å². The van der Waals surface area contributed by atoms with Crippen LogP contribution < -0.4 is 0 Å². The van der Waals surface area contributed by atoms with Crippen LogP contribution in [0.3, 0.4) is 0 Å². The third-order valence-corrected chi connectivity index (χ3v) is 4.98. The van der Waals surface area contributed by atoms with Gasteiger partial charge in [0.25, 0.3) is 0 Å². The molecule has 0 atom stereocenters. The van der Waals surface area contributed by atoms with Crippen LogP contribution in [0.25, 0.3) is 10.4 Å². The van der Waals surface area contributed by atoms with E-state index in [2.05, 4.69) is 48.8 Å². The van der Waals surface area contributed by atoms with Crippen LogP contribution in [0.2, 0.25) is 0 Å². The zero-order valence-electron chi connectivity index (χ0n) is 11.0. The molecule has 19 heavy (non-hydrogen) atoms. The molecule has 4 heteroatoms. The normalized spacial score (nSPS) is 11.6. The molecule has 0 fully saturated rings. The molecule has 0 aliphatic carbocycles. The Morgan fingerprint density at radius 3 is 2.21 bits per heavy atom. The Bertz CT molecular complexity index is 606. The molecule has 0 radical (unpaired) electrons. The molecule has 0 aliphatic heterocycles. The van der Waals surface area contributed by atoms with Crippen molar-refractivity contribution in [2.75, 3.05) is 0 Å². The number of aromatic carboxylic acids is 1. The number of carboxylic acid groups (broad SMARTS) is 1. The monoisotopic (exact) mass is 338 g/mol. The van der Waals surface area contributed by atoms with Crippen LogP contribution in [-0.2, 0) is 5.41 Å². The van der Waals surface area contributed by atoms with Crippen molar-refractivity contribution in [3.05, 3.63) is 45.2 Å². The molecule has 0 amide bonds. The second-order valence-electron chi connectivity index (χ2n) is 5.42. The molecule has 0 unspecified atom stereocenters. The molecule has 1 N–H and O–H groups in total. The van der Waals surface area contributed by atoms with E-state index in [9.17, 15) is 4.79 Å². The molecular weight excluding hydrogens is 324 g/mol. The van der Waals surface area contributed by atoms with E-state index in [0.717, 1.165) is 10.4 Å². The number of benzene rings is 1. The lowest BCUT2D eigenvalue weighted by atomic mass is 9.86. The van der Waals surface area contributed by atoms with E-state index in [-0.39, 0.29) is 5.41 Å². The summed E-state index contributed by atoms with van der Waals surface area (Å²) in [5.41, 5.74) is 2.44. The van der Waals surface area contributed by atoms with Crippen molar-refractivity contribution < 1.29 is 9.90 Å². The largest absolute Gasteiger partial charge is 0.477 e. The lowest BCUT2D eigenvalue weighted by Gasteiger charge is -2.18. The first kappa shape index (κ1) is 14.3. The van der Waals surface area contributed by atoms with Gasteiger partial charge in [-0.25, -0.2) is 4.79 Å². The highest BCUT2D eigenvalue weighted by Crippen LogP contribution is 2.35. The molecule has 0 saturated carbocycles. The lowest BCUT2D eigenvalue weighted by molar-refractivity contribution is 0.0701. The van der Waals surface area contributed by atoms with Gasteiger partial charge in [-0.2, -0.15) is 0 Å². The van der Waals surface area contributed by atoms with Gasteiger partial charge >= 0.3 is 5.97 Å². The smallest absolute Gasteiger partial charge is 0.347 e. The number of halogens is 1. The minimum absolute atomic E-state index is 0.126. The highest BCUT2D eigenvalue weighted by molar-refractivity contribution is 9.10. The van der Waals surface area contributed by atoms with Crippen molar-refractivity contribution in [3.63, 3.8) is 0 Å². The van der Waals surface area contributed by atoms with Gasteiger partial charge in [-0.15, -0.1) is 11.3 Å². The van der Waals surface area contributed by atoms with E-state index < -0.39 is 5.97 Å². The number of hydrogen-bond acceptors (Lipinski definition) is 2. The molecule has 1 aromatic carbocycles. The number of carbonyl (C=O) groups is 1. The van der Waals surface area contributed by atoms with Crippen LogP contribution in [-0.4, -0.2) is 11.1 Å². The molecule has 1 aromatic heterocycles.